The second-order valence-corrected chi connectivity index (χ2v) is 12.9. The van der Waals surface area contributed by atoms with Crippen molar-refractivity contribution in [3.05, 3.63) is 46.5 Å². The van der Waals surface area contributed by atoms with Crippen LogP contribution in [-0.2, 0) is 28.4 Å². The van der Waals surface area contributed by atoms with Gasteiger partial charge in [-0.2, -0.15) is 0 Å². The Balaban J connectivity index is 1.68. The van der Waals surface area contributed by atoms with Gasteiger partial charge in [0.2, 0.25) is 11.6 Å². The van der Waals surface area contributed by atoms with E-state index in [0.717, 1.165) is 42.4 Å². The van der Waals surface area contributed by atoms with Gasteiger partial charge in [-0.1, -0.05) is 36.8 Å². The summed E-state index contributed by atoms with van der Waals surface area (Å²) in [5.74, 6) is -3.66. The fourth-order valence-corrected chi connectivity index (χ4v) is 9.27. The Morgan fingerprint density at radius 2 is 1.54 bits per heavy atom. The Morgan fingerprint density at radius 1 is 0.878 bits per heavy atom. The topological polar surface area (TPSA) is 116 Å². The standard InChI is InChI=1S/C32H48O9/c1-28-16-23(20-8-10-21(11-9-20)27(37-3)38-4)26-22(24(28)13-15-30(28,39-5)19-36-2)12-14-29(33)18-32(40-6,41-7)31(34,35)17-25(26)29/h8-11,22-24,27,33-35H,12-19H2,1-7H3/t22?,23-,24?,28+,29-,30-/m1/s1. The fourth-order valence-electron chi connectivity index (χ4n) is 9.27. The molecule has 3 saturated carbocycles. The number of ether oxygens (including phenoxy) is 6. The zero-order valence-corrected chi connectivity index (χ0v) is 25.6. The van der Waals surface area contributed by atoms with E-state index in [1.54, 1.807) is 28.4 Å². The van der Waals surface area contributed by atoms with E-state index in [9.17, 15) is 15.3 Å². The van der Waals surface area contributed by atoms with Crippen LogP contribution in [0.2, 0.25) is 0 Å². The SMILES string of the molecule is COC[C@]1(OC)CCC2C3CC[C@@]4(O)CC(OC)(OC)C(O)(O)CC4=C3[C@@H](c3ccc(C(OC)OC)cc3)C[C@@]21C. The number of aliphatic hydroxyl groups is 3. The van der Waals surface area contributed by atoms with Gasteiger partial charge in [-0.25, -0.2) is 0 Å². The predicted molar refractivity (Wildman–Crippen MR) is 151 cm³/mol. The summed E-state index contributed by atoms with van der Waals surface area (Å²) in [5.41, 5.74) is 1.94. The molecular weight excluding hydrogens is 528 g/mol. The van der Waals surface area contributed by atoms with Gasteiger partial charge in [0.25, 0.3) is 0 Å². The fraction of sp³-hybridized carbons (Fsp3) is 0.750. The lowest BCUT2D eigenvalue weighted by Gasteiger charge is -2.59. The lowest BCUT2D eigenvalue weighted by molar-refractivity contribution is -0.394. The van der Waals surface area contributed by atoms with E-state index in [4.69, 9.17) is 28.4 Å². The monoisotopic (exact) mass is 576 g/mol. The maximum atomic E-state index is 12.2. The molecule has 4 aliphatic rings. The van der Waals surface area contributed by atoms with Crippen molar-refractivity contribution in [2.24, 2.45) is 17.3 Å². The van der Waals surface area contributed by atoms with Gasteiger partial charge in [0.1, 0.15) is 0 Å². The number of hydrogen-bond donors (Lipinski definition) is 3. The van der Waals surface area contributed by atoms with Crippen LogP contribution in [0.25, 0.3) is 0 Å². The maximum absolute atomic E-state index is 12.2. The van der Waals surface area contributed by atoms with Crippen LogP contribution >= 0.6 is 0 Å². The van der Waals surface area contributed by atoms with Crippen LogP contribution in [0.1, 0.15) is 75.2 Å². The number of benzene rings is 1. The molecule has 6 atom stereocenters. The van der Waals surface area contributed by atoms with E-state index in [-0.39, 0.29) is 30.1 Å². The summed E-state index contributed by atoms with van der Waals surface area (Å²) in [6, 6.07) is 8.26. The van der Waals surface area contributed by atoms with E-state index < -0.39 is 29.1 Å². The molecule has 0 heterocycles. The van der Waals surface area contributed by atoms with Crippen molar-refractivity contribution in [2.75, 3.05) is 49.3 Å². The van der Waals surface area contributed by atoms with Crippen LogP contribution in [-0.4, -0.2) is 87.4 Å². The summed E-state index contributed by atoms with van der Waals surface area (Å²) < 4.78 is 34.1. The number of methoxy groups -OCH3 is 6. The summed E-state index contributed by atoms with van der Waals surface area (Å²) >= 11 is 0. The highest BCUT2D eigenvalue weighted by molar-refractivity contribution is 5.45. The number of allylic oxidation sites excluding steroid dienone is 1. The Labute approximate surface area is 243 Å². The van der Waals surface area contributed by atoms with Gasteiger partial charge in [-0.3, -0.25) is 0 Å². The van der Waals surface area contributed by atoms with Crippen molar-refractivity contribution in [3.63, 3.8) is 0 Å². The van der Waals surface area contributed by atoms with Crippen molar-refractivity contribution in [1.82, 2.24) is 0 Å². The highest BCUT2D eigenvalue weighted by Gasteiger charge is 2.68. The normalized spacial score (nSPS) is 37.6. The molecule has 1 aromatic rings. The van der Waals surface area contributed by atoms with Gasteiger partial charge in [-0.05, 0) is 55.1 Å². The first-order valence-corrected chi connectivity index (χ1v) is 14.6. The van der Waals surface area contributed by atoms with E-state index in [1.165, 1.54) is 14.2 Å². The second-order valence-electron chi connectivity index (χ2n) is 12.9. The Kier molecular flexibility index (Phi) is 8.29. The van der Waals surface area contributed by atoms with E-state index in [0.29, 0.717) is 24.5 Å². The first-order chi connectivity index (χ1) is 19.4. The van der Waals surface area contributed by atoms with Gasteiger partial charge >= 0.3 is 0 Å². The third kappa shape index (κ3) is 4.47. The van der Waals surface area contributed by atoms with Crippen LogP contribution in [0.4, 0.5) is 0 Å². The zero-order valence-electron chi connectivity index (χ0n) is 25.6. The van der Waals surface area contributed by atoms with Crippen molar-refractivity contribution >= 4 is 0 Å². The molecular formula is C32H48O9. The Bertz CT molecular complexity index is 1120. The molecule has 1 aromatic carbocycles. The molecule has 230 valence electrons. The third-order valence-corrected chi connectivity index (χ3v) is 11.4. The Morgan fingerprint density at radius 3 is 2.10 bits per heavy atom. The Hall–Kier alpha value is -1.40. The lowest BCUT2D eigenvalue weighted by Crippen LogP contribution is -2.66. The molecule has 0 radical (unpaired) electrons. The van der Waals surface area contributed by atoms with Crippen LogP contribution in [0.3, 0.4) is 0 Å². The molecule has 3 fully saturated rings. The first-order valence-electron chi connectivity index (χ1n) is 14.6. The highest BCUT2D eigenvalue weighted by atomic mass is 16.7. The molecule has 9 heteroatoms. The number of hydrogen-bond acceptors (Lipinski definition) is 9. The van der Waals surface area contributed by atoms with Gasteiger partial charge in [-0.15, -0.1) is 0 Å². The minimum Gasteiger partial charge on any atom is -0.385 e. The summed E-state index contributed by atoms with van der Waals surface area (Å²) in [5, 5.41) is 34.9. The van der Waals surface area contributed by atoms with Crippen molar-refractivity contribution in [1.29, 1.82) is 0 Å². The third-order valence-electron chi connectivity index (χ3n) is 11.4. The smallest absolute Gasteiger partial charge is 0.226 e. The van der Waals surface area contributed by atoms with E-state index in [1.807, 2.05) is 12.1 Å². The molecule has 0 saturated heterocycles. The molecule has 0 bridgehead atoms. The second kappa shape index (κ2) is 10.9. The molecule has 4 aliphatic carbocycles. The van der Waals surface area contributed by atoms with Gasteiger partial charge in [0, 0.05) is 72.4 Å². The largest absolute Gasteiger partial charge is 0.385 e. The molecule has 3 N–H and O–H groups in total. The molecule has 0 spiro atoms. The van der Waals surface area contributed by atoms with Crippen molar-refractivity contribution in [3.8, 4) is 0 Å². The van der Waals surface area contributed by atoms with Crippen LogP contribution in [0, 0.1) is 17.3 Å². The quantitative estimate of drug-likeness (QED) is 0.298. The predicted octanol–water partition coefficient (Wildman–Crippen LogP) is 3.81. The maximum Gasteiger partial charge on any atom is 0.226 e. The average Bonchev–Trinajstić information content (AvgIpc) is 3.25. The summed E-state index contributed by atoms with van der Waals surface area (Å²) in [7, 11) is 9.53. The van der Waals surface area contributed by atoms with Crippen LogP contribution in [0.15, 0.2) is 35.4 Å². The molecule has 9 nitrogen and oxygen atoms in total. The van der Waals surface area contributed by atoms with Gasteiger partial charge in [0.15, 0.2) is 6.29 Å². The molecule has 0 amide bonds. The van der Waals surface area contributed by atoms with E-state index in [2.05, 4.69) is 19.1 Å². The molecule has 0 aromatic heterocycles. The number of rotatable bonds is 9. The summed E-state index contributed by atoms with van der Waals surface area (Å²) in [6.07, 6.45) is 3.23. The number of fused-ring (bicyclic) bond motifs is 4. The van der Waals surface area contributed by atoms with Gasteiger partial charge < -0.3 is 43.7 Å². The van der Waals surface area contributed by atoms with Crippen molar-refractivity contribution in [2.45, 2.75) is 86.9 Å². The summed E-state index contributed by atoms with van der Waals surface area (Å²) in [4.78, 5) is 0. The van der Waals surface area contributed by atoms with Crippen molar-refractivity contribution < 1.29 is 43.7 Å². The zero-order chi connectivity index (χ0) is 29.8. The molecule has 0 aliphatic heterocycles. The van der Waals surface area contributed by atoms with E-state index >= 15 is 0 Å². The minimum absolute atomic E-state index is 0.0613. The molecule has 41 heavy (non-hydrogen) atoms. The first kappa shape index (κ1) is 31.0. The minimum atomic E-state index is -2.31. The van der Waals surface area contributed by atoms with Crippen LogP contribution < -0.4 is 0 Å². The summed E-state index contributed by atoms with van der Waals surface area (Å²) in [6.45, 7) is 2.85. The van der Waals surface area contributed by atoms with Gasteiger partial charge in [0.05, 0.1) is 17.8 Å². The molecule has 2 unspecified atom stereocenters. The highest BCUT2D eigenvalue weighted by Crippen LogP contribution is 2.69. The molecule has 5 rings (SSSR count). The average molecular weight is 577 g/mol. The lowest BCUT2D eigenvalue weighted by atomic mass is 9.49. The van der Waals surface area contributed by atoms with Crippen LogP contribution in [0.5, 0.6) is 0 Å².